The predicted octanol–water partition coefficient (Wildman–Crippen LogP) is 3.20. The zero-order chi connectivity index (χ0) is 15.9. The highest BCUT2D eigenvalue weighted by molar-refractivity contribution is 5.29. The molecule has 0 saturated heterocycles. The molecule has 1 aromatic rings. The van der Waals surface area contributed by atoms with E-state index in [1.165, 1.54) is 0 Å². The van der Waals surface area contributed by atoms with Gasteiger partial charge in [0.05, 0.1) is 12.3 Å². The van der Waals surface area contributed by atoms with Crippen LogP contribution in [-0.2, 0) is 11.3 Å². The third kappa shape index (κ3) is 6.06. The molecule has 1 N–H and O–H groups in total. The van der Waals surface area contributed by atoms with Crippen LogP contribution in [-0.4, -0.2) is 36.8 Å². The molecule has 1 rings (SSSR count). The van der Waals surface area contributed by atoms with Crippen molar-refractivity contribution in [2.24, 2.45) is 0 Å². The van der Waals surface area contributed by atoms with E-state index < -0.39 is 0 Å². The lowest BCUT2D eigenvalue weighted by atomic mass is 10.1. The number of rotatable bonds is 9. The van der Waals surface area contributed by atoms with E-state index in [2.05, 4.69) is 49.8 Å². The van der Waals surface area contributed by atoms with Crippen LogP contribution >= 0.6 is 0 Å². The van der Waals surface area contributed by atoms with Crippen LogP contribution in [0.2, 0.25) is 0 Å². The normalized spacial score (nSPS) is 12.1. The molecule has 5 nitrogen and oxygen atoms in total. The second kappa shape index (κ2) is 8.39. The van der Waals surface area contributed by atoms with Crippen molar-refractivity contribution in [2.75, 3.05) is 25.2 Å². The Morgan fingerprint density at radius 3 is 2.52 bits per heavy atom. The van der Waals surface area contributed by atoms with Crippen molar-refractivity contribution in [1.29, 1.82) is 0 Å². The average molecular weight is 297 g/mol. The summed E-state index contributed by atoms with van der Waals surface area (Å²) in [5, 5.41) is 3.43. The highest BCUT2D eigenvalue weighted by atomic mass is 16.5. The summed E-state index contributed by atoms with van der Waals surface area (Å²) >= 11 is 0. The van der Waals surface area contributed by atoms with Crippen molar-refractivity contribution in [2.45, 2.75) is 65.6 Å². The summed E-state index contributed by atoms with van der Waals surface area (Å²) in [5.74, 6) is 0. The van der Waals surface area contributed by atoms with Crippen LogP contribution in [0.1, 0.15) is 53.2 Å². The van der Waals surface area contributed by atoms with E-state index in [-0.39, 0.29) is 5.54 Å². The molecule has 0 fully saturated rings. The quantitative estimate of drug-likeness (QED) is 0.758. The molecule has 21 heavy (non-hydrogen) atoms. The molecule has 0 unspecified atom stereocenters. The first-order valence-corrected chi connectivity index (χ1v) is 7.86. The monoisotopic (exact) mass is 297 g/mol. The van der Waals surface area contributed by atoms with Gasteiger partial charge in [0.2, 0.25) is 0 Å². The molecule has 0 aliphatic carbocycles. The van der Waals surface area contributed by atoms with Gasteiger partial charge in [-0.3, -0.25) is 0 Å². The lowest BCUT2D eigenvalue weighted by Gasteiger charge is -2.28. The number of aromatic nitrogens is 1. The van der Waals surface area contributed by atoms with Crippen molar-refractivity contribution in [3.05, 3.63) is 12.0 Å². The van der Waals surface area contributed by atoms with E-state index in [1.807, 2.05) is 0 Å². The lowest BCUT2D eigenvalue weighted by molar-refractivity contribution is 0.201. The van der Waals surface area contributed by atoms with Gasteiger partial charge in [0.15, 0.2) is 0 Å². The number of anilines is 1. The number of hydrogen-bond donors (Lipinski definition) is 1. The largest absolute Gasteiger partial charge is 0.432 e. The fourth-order valence-corrected chi connectivity index (χ4v) is 2.22. The van der Waals surface area contributed by atoms with E-state index in [0.29, 0.717) is 25.2 Å². The Morgan fingerprint density at radius 1 is 1.33 bits per heavy atom. The molecule has 0 bridgehead atoms. The third-order valence-corrected chi connectivity index (χ3v) is 3.50. The average Bonchev–Trinajstić information content (AvgIpc) is 2.89. The Kier molecular flexibility index (Phi) is 7.18. The van der Waals surface area contributed by atoms with Gasteiger partial charge in [0, 0.05) is 31.8 Å². The van der Waals surface area contributed by atoms with Crippen LogP contribution in [0.15, 0.2) is 10.7 Å². The van der Waals surface area contributed by atoms with E-state index in [0.717, 1.165) is 25.1 Å². The van der Waals surface area contributed by atoms with E-state index in [9.17, 15) is 0 Å². The standard InChI is InChI=1S/C16H31N3O2/c1-7-14(8-2)19(9-10-20-6)15-18-13(12-21-15)11-17-16(3,4)5/h12,14,17H,7-11H2,1-6H3. The molecule has 0 radical (unpaired) electrons. The first-order chi connectivity index (χ1) is 9.91. The van der Waals surface area contributed by atoms with E-state index in [1.54, 1.807) is 13.4 Å². The summed E-state index contributed by atoms with van der Waals surface area (Å²) in [5.41, 5.74) is 1.01. The first kappa shape index (κ1) is 18.0. The van der Waals surface area contributed by atoms with Gasteiger partial charge in [-0.2, -0.15) is 4.98 Å². The van der Waals surface area contributed by atoms with Crippen molar-refractivity contribution >= 4 is 6.01 Å². The van der Waals surface area contributed by atoms with Crippen molar-refractivity contribution in [3.8, 4) is 0 Å². The number of oxazole rings is 1. The Hall–Kier alpha value is -1.07. The second-order valence-electron chi connectivity index (χ2n) is 6.38. The van der Waals surface area contributed by atoms with Gasteiger partial charge < -0.3 is 19.4 Å². The molecule has 0 atom stereocenters. The molecule has 1 aromatic heterocycles. The van der Waals surface area contributed by atoms with Crippen LogP contribution in [0.5, 0.6) is 0 Å². The first-order valence-electron chi connectivity index (χ1n) is 7.86. The van der Waals surface area contributed by atoms with Gasteiger partial charge >= 0.3 is 0 Å². The van der Waals surface area contributed by atoms with Gasteiger partial charge in [0.1, 0.15) is 6.26 Å². The van der Waals surface area contributed by atoms with E-state index in [4.69, 9.17) is 9.15 Å². The Labute approximate surface area is 129 Å². The molecule has 5 heteroatoms. The molecule has 0 aliphatic heterocycles. The molecule has 0 amide bonds. The minimum Gasteiger partial charge on any atom is -0.432 e. The maximum Gasteiger partial charge on any atom is 0.297 e. The van der Waals surface area contributed by atoms with Gasteiger partial charge in [-0.25, -0.2) is 0 Å². The minimum absolute atomic E-state index is 0.0736. The summed E-state index contributed by atoms with van der Waals surface area (Å²) in [6.45, 7) is 13.0. The van der Waals surface area contributed by atoms with Crippen LogP contribution in [0.25, 0.3) is 0 Å². The molecule has 0 aliphatic rings. The maximum atomic E-state index is 5.69. The Balaban J connectivity index is 2.76. The molecule has 0 spiro atoms. The summed E-state index contributed by atoms with van der Waals surface area (Å²) in [4.78, 5) is 6.84. The van der Waals surface area contributed by atoms with Crippen molar-refractivity contribution in [3.63, 3.8) is 0 Å². The smallest absolute Gasteiger partial charge is 0.297 e. The number of hydrogen-bond acceptors (Lipinski definition) is 5. The Bertz CT molecular complexity index is 394. The van der Waals surface area contributed by atoms with Gasteiger partial charge in [-0.05, 0) is 33.6 Å². The highest BCUT2D eigenvalue weighted by Crippen LogP contribution is 2.20. The van der Waals surface area contributed by atoms with Gasteiger partial charge in [-0.15, -0.1) is 0 Å². The zero-order valence-electron chi connectivity index (χ0n) is 14.4. The highest BCUT2D eigenvalue weighted by Gasteiger charge is 2.20. The molecule has 0 aromatic carbocycles. The molecular weight excluding hydrogens is 266 g/mol. The van der Waals surface area contributed by atoms with Crippen molar-refractivity contribution < 1.29 is 9.15 Å². The fraction of sp³-hybridized carbons (Fsp3) is 0.812. The van der Waals surface area contributed by atoms with Crippen LogP contribution in [0.4, 0.5) is 6.01 Å². The number of nitrogens with zero attached hydrogens (tertiary/aromatic N) is 2. The number of ether oxygens (including phenoxy) is 1. The second-order valence-corrected chi connectivity index (χ2v) is 6.38. The molecule has 1 heterocycles. The summed E-state index contributed by atoms with van der Waals surface area (Å²) in [6.07, 6.45) is 3.88. The van der Waals surface area contributed by atoms with Crippen LogP contribution < -0.4 is 10.2 Å². The Morgan fingerprint density at radius 2 is 2.00 bits per heavy atom. The fourth-order valence-electron chi connectivity index (χ4n) is 2.22. The van der Waals surface area contributed by atoms with E-state index >= 15 is 0 Å². The molecule has 122 valence electrons. The summed E-state index contributed by atoms with van der Waals surface area (Å²) in [7, 11) is 1.72. The number of methoxy groups -OCH3 is 1. The lowest BCUT2D eigenvalue weighted by Crippen LogP contribution is -2.37. The maximum absolute atomic E-state index is 5.69. The van der Waals surface area contributed by atoms with Gasteiger partial charge in [-0.1, -0.05) is 13.8 Å². The topological polar surface area (TPSA) is 50.5 Å². The van der Waals surface area contributed by atoms with Crippen molar-refractivity contribution in [1.82, 2.24) is 10.3 Å². The SMILES string of the molecule is CCC(CC)N(CCOC)c1nc(CNC(C)(C)C)co1. The molecular formula is C16H31N3O2. The summed E-state index contributed by atoms with van der Waals surface area (Å²) in [6, 6.07) is 1.13. The predicted molar refractivity (Wildman–Crippen MR) is 86.7 cm³/mol. The number of nitrogens with one attached hydrogen (secondary N) is 1. The zero-order valence-corrected chi connectivity index (χ0v) is 14.4. The molecule has 0 saturated carbocycles. The van der Waals surface area contributed by atoms with Gasteiger partial charge in [0.25, 0.3) is 6.01 Å². The summed E-state index contributed by atoms with van der Waals surface area (Å²) < 4.78 is 10.9. The van der Waals surface area contributed by atoms with Crippen LogP contribution in [0.3, 0.4) is 0 Å². The minimum atomic E-state index is 0.0736. The third-order valence-electron chi connectivity index (χ3n) is 3.50. The van der Waals surface area contributed by atoms with Crippen LogP contribution in [0, 0.1) is 0 Å².